The minimum absolute atomic E-state index is 0.0636. The number of nitrogens with zero attached hydrogens (tertiary/aromatic N) is 2. The number of benzene rings is 2. The Morgan fingerprint density at radius 1 is 1.16 bits per heavy atom. The highest BCUT2D eigenvalue weighted by molar-refractivity contribution is 7.89. The molecule has 0 unspecified atom stereocenters. The molecule has 2 aromatic carbocycles. The number of ether oxygens (including phenoxy) is 1. The quantitative estimate of drug-likeness (QED) is 0.328. The molecule has 32 heavy (non-hydrogen) atoms. The van der Waals surface area contributed by atoms with Crippen molar-refractivity contribution >= 4 is 44.9 Å². The third-order valence-corrected chi connectivity index (χ3v) is 7.02. The van der Waals surface area contributed by atoms with Crippen molar-refractivity contribution in [3.05, 3.63) is 62.7 Å². The maximum absolute atomic E-state index is 12.8. The van der Waals surface area contributed by atoms with Gasteiger partial charge in [-0.1, -0.05) is 31.5 Å². The Morgan fingerprint density at radius 3 is 2.38 bits per heavy atom. The Kier molecular flexibility index (Phi) is 8.31. The van der Waals surface area contributed by atoms with Gasteiger partial charge >= 0.3 is 5.97 Å². The van der Waals surface area contributed by atoms with E-state index in [9.17, 15) is 28.1 Å². The van der Waals surface area contributed by atoms with E-state index in [1.54, 1.807) is 26.8 Å². The SMILES string of the molecule is CCN(CC)S(=O)(=O)c1cc(NC(=O)COC(=O)c2ccc([N+](=O)[O-])cc2Cl)ccc1C. The van der Waals surface area contributed by atoms with Gasteiger partial charge in [-0.15, -0.1) is 0 Å². The molecule has 0 radical (unpaired) electrons. The number of anilines is 1. The highest BCUT2D eigenvalue weighted by Crippen LogP contribution is 2.24. The molecular weight excluding hydrogens is 462 g/mol. The average Bonchev–Trinajstić information content (AvgIpc) is 2.73. The van der Waals surface area contributed by atoms with E-state index in [2.05, 4.69) is 5.32 Å². The lowest BCUT2D eigenvalue weighted by molar-refractivity contribution is -0.384. The van der Waals surface area contributed by atoms with Gasteiger partial charge in [0.1, 0.15) is 0 Å². The number of esters is 1. The molecular formula is C20H22ClN3O7S. The predicted molar refractivity (Wildman–Crippen MR) is 118 cm³/mol. The summed E-state index contributed by atoms with van der Waals surface area (Å²) in [6, 6.07) is 7.66. The first-order valence-corrected chi connectivity index (χ1v) is 11.3. The summed E-state index contributed by atoms with van der Waals surface area (Å²) in [5, 5.41) is 13.0. The van der Waals surface area contributed by atoms with Gasteiger partial charge in [0.05, 0.1) is 20.4 Å². The third-order valence-electron chi connectivity index (χ3n) is 4.51. The number of carbonyl (C=O) groups excluding carboxylic acids is 2. The van der Waals surface area contributed by atoms with E-state index >= 15 is 0 Å². The number of hydrogen-bond donors (Lipinski definition) is 1. The molecule has 0 aromatic heterocycles. The van der Waals surface area contributed by atoms with E-state index in [1.807, 2.05) is 0 Å². The summed E-state index contributed by atoms with van der Waals surface area (Å²) in [5.74, 6) is -1.64. The largest absolute Gasteiger partial charge is 0.452 e. The smallest absolute Gasteiger partial charge is 0.340 e. The van der Waals surface area contributed by atoms with Crippen molar-refractivity contribution in [2.24, 2.45) is 0 Å². The second-order valence-corrected chi connectivity index (χ2v) is 8.93. The molecule has 0 aliphatic carbocycles. The van der Waals surface area contributed by atoms with Crippen molar-refractivity contribution in [3.8, 4) is 0 Å². The summed E-state index contributed by atoms with van der Waals surface area (Å²) in [5.41, 5.74) is 0.317. The van der Waals surface area contributed by atoms with Crippen LogP contribution in [0.25, 0.3) is 0 Å². The van der Waals surface area contributed by atoms with Crippen molar-refractivity contribution < 1.29 is 27.7 Å². The van der Waals surface area contributed by atoms with Crippen molar-refractivity contribution in [3.63, 3.8) is 0 Å². The first-order valence-electron chi connectivity index (χ1n) is 9.53. The number of nitro groups is 1. The van der Waals surface area contributed by atoms with Gasteiger partial charge in [0.15, 0.2) is 6.61 Å². The van der Waals surface area contributed by atoms with Crippen LogP contribution in [0, 0.1) is 17.0 Å². The second-order valence-electron chi connectivity index (χ2n) is 6.62. The number of hydrogen-bond acceptors (Lipinski definition) is 7. The fourth-order valence-electron chi connectivity index (χ4n) is 2.85. The first kappa shape index (κ1) is 25.2. The number of rotatable bonds is 9. The highest BCUT2D eigenvalue weighted by atomic mass is 35.5. The second kappa shape index (κ2) is 10.5. The third kappa shape index (κ3) is 5.81. The fourth-order valence-corrected chi connectivity index (χ4v) is 4.81. The van der Waals surface area contributed by atoms with E-state index in [0.717, 1.165) is 18.2 Å². The Labute approximate surface area is 190 Å². The van der Waals surface area contributed by atoms with Crippen molar-refractivity contribution in [2.45, 2.75) is 25.7 Å². The monoisotopic (exact) mass is 483 g/mol. The molecule has 0 atom stereocenters. The standard InChI is InChI=1S/C20H22ClN3O7S/c1-4-23(5-2)32(29,30)18-10-14(7-6-13(18)3)22-19(25)12-31-20(26)16-9-8-15(24(27)28)11-17(16)21/h6-11H,4-5,12H2,1-3H3,(H,22,25). The van der Waals surface area contributed by atoms with Crippen LogP contribution in [0.15, 0.2) is 41.3 Å². The maximum Gasteiger partial charge on any atom is 0.340 e. The van der Waals surface area contributed by atoms with Crippen LogP contribution in [0.5, 0.6) is 0 Å². The molecule has 12 heteroatoms. The van der Waals surface area contributed by atoms with Gasteiger partial charge in [0.2, 0.25) is 10.0 Å². The molecule has 0 heterocycles. The minimum atomic E-state index is -3.73. The predicted octanol–water partition coefficient (Wildman–Crippen LogP) is 3.38. The molecule has 0 aliphatic rings. The van der Waals surface area contributed by atoms with Crippen LogP contribution in [0.4, 0.5) is 11.4 Å². The Balaban J connectivity index is 2.09. The van der Waals surface area contributed by atoms with E-state index in [0.29, 0.717) is 18.7 Å². The molecule has 1 N–H and O–H groups in total. The summed E-state index contributed by atoms with van der Waals surface area (Å²) >= 11 is 5.87. The summed E-state index contributed by atoms with van der Waals surface area (Å²) < 4.78 is 31.8. The van der Waals surface area contributed by atoms with Gasteiger partial charge in [0, 0.05) is 30.9 Å². The topological polar surface area (TPSA) is 136 Å². The molecule has 2 rings (SSSR count). The van der Waals surface area contributed by atoms with Crippen molar-refractivity contribution in [1.82, 2.24) is 4.31 Å². The van der Waals surface area contributed by atoms with Crippen LogP contribution < -0.4 is 5.32 Å². The highest BCUT2D eigenvalue weighted by Gasteiger charge is 2.24. The Morgan fingerprint density at radius 2 is 1.81 bits per heavy atom. The Hall–Kier alpha value is -3.02. The van der Waals surface area contributed by atoms with E-state index < -0.39 is 33.4 Å². The molecule has 172 valence electrons. The lowest BCUT2D eigenvalue weighted by Crippen LogP contribution is -2.31. The molecule has 0 bridgehead atoms. The molecule has 1 amide bonds. The number of sulfonamides is 1. The number of non-ortho nitro benzene ring substituents is 1. The van der Waals surface area contributed by atoms with E-state index in [-0.39, 0.29) is 26.9 Å². The fraction of sp³-hybridized carbons (Fsp3) is 0.300. The van der Waals surface area contributed by atoms with Crippen LogP contribution in [0.2, 0.25) is 5.02 Å². The molecule has 10 nitrogen and oxygen atoms in total. The number of carbonyl (C=O) groups is 2. The Bertz CT molecular complexity index is 1150. The molecule has 0 spiro atoms. The van der Waals surface area contributed by atoms with E-state index in [1.165, 1.54) is 16.4 Å². The minimum Gasteiger partial charge on any atom is -0.452 e. The van der Waals surface area contributed by atoms with Gasteiger partial charge in [-0.05, 0) is 30.7 Å². The van der Waals surface area contributed by atoms with Crippen LogP contribution in [0.1, 0.15) is 29.8 Å². The van der Waals surface area contributed by atoms with Crippen molar-refractivity contribution in [2.75, 3.05) is 25.0 Å². The van der Waals surface area contributed by atoms with Crippen LogP contribution in [-0.2, 0) is 19.6 Å². The van der Waals surface area contributed by atoms with Gasteiger partial charge < -0.3 is 10.1 Å². The molecule has 0 saturated heterocycles. The van der Waals surface area contributed by atoms with Crippen LogP contribution in [-0.4, -0.2) is 49.2 Å². The van der Waals surface area contributed by atoms with Crippen LogP contribution >= 0.6 is 11.6 Å². The van der Waals surface area contributed by atoms with Gasteiger partial charge in [-0.2, -0.15) is 4.31 Å². The number of aryl methyl sites for hydroxylation is 1. The van der Waals surface area contributed by atoms with Gasteiger partial charge in [-0.25, -0.2) is 13.2 Å². The lowest BCUT2D eigenvalue weighted by Gasteiger charge is -2.20. The normalized spacial score (nSPS) is 11.3. The van der Waals surface area contributed by atoms with Gasteiger partial charge in [-0.3, -0.25) is 14.9 Å². The van der Waals surface area contributed by atoms with Crippen LogP contribution in [0.3, 0.4) is 0 Å². The summed E-state index contributed by atoms with van der Waals surface area (Å²) in [7, 11) is -3.73. The first-order chi connectivity index (χ1) is 15.0. The summed E-state index contributed by atoms with van der Waals surface area (Å²) in [4.78, 5) is 34.5. The lowest BCUT2D eigenvalue weighted by atomic mass is 10.2. The number of halogens is 1. The van der Waals surface area contributed by atoms with Gasteiger partial charge in [0.25, 0.3) is 11.6 Å². The molecule has 0 aliphatic heterocycles. The molecule has 0 saturated carbocycles. The van der Waals surface area contributed by atoms with E-state index in [4.69, 9.17) is 16.3 Å². The number of nitro benzene ring substituents is 1. The number of nitrogens with one attached hydrogen (secondary N) is 1. The number of amides is 1. The zero-order valence-corrected chi connectivity index (χ0v) is 19.2. The zero-order chi connectivity index (χ0) is 24.1. The summed E-state index contributed by atoms with van der Waals surface area (Å²) in [6.45, 7) is 5.04. The maximum atomic E-state index is 12.8. The molecule has 2 aromatic rings. The van der Waals surface area contributed by atoms with Crippen molar-refractivity contribution in [1.29, 1.82) is 0 Å². The molecule has 0 fully saturated rings. The zero-order valence-electron chi connectivity index (χ0n) is 17.6. The average molecular weight is 484 g/mol. The summed E-state index contributed by atoms with van der Waals surface area (Å²) in [6.07, 6.45) is 0.